The second-order valence-corrected chi connectivity index (χ2v) is 9.28. The van der Waals surface area contributed by atoms with Gasteiger partial charge >= 0.3 is 0 Å². The third-order valence-corrected chi connectivity index (χ3v) is 6.80. The summed E-state index contributed by atoms with van der Waals surface area (Å²) in [7, 11) is 0. The molecule has 156 valence electrons. The summed E-state index contributed by atoms with van der Waals surface area (Å²) in [6.07, 6.45) is 0.203. The lowest BCUT2D eigenvalue weighted by Crippen LogP contribution is -2.52. The lowest BCUT2D eigenvalue weighted by molar-refractivity contribution is -0.123. The van der Waals surface area contributed by atoms with Crippen LogP contribution in [0.2, 0.25) is 0 Å². The number of nitrogens with zero attached hydrogens (tertiary/aromatic N) is 3. The zero-order chi connectivity index (χ0) is 21.4. The number of amides is 2. The first-order valence-corrected chi connectivity index (χ1v) is 11.4. The Morgan fingerprint density at radius 3 is 2.23 bits per heavy atom. The van der Waals surface area contributed by atoms with E-state index in [0.717, 1.165) is 23.2 Å². The lowest BCUT2D eigenvalue weighted by atomic mass is 10.1. The highest BCUT2D eigenvalue weighted by Gasteiger charge is 2.43. The molecular formula is C22H21Br2N3O3. The predicted octanol–water partition coefficient (Wildman–Crippen LogP) is 3.87. The number of piperazine rings is 1. The minimum absolute atomic E-state index is 0.0535. The highest BCUT2D eigenvalue weighted by Crippen LogP contribution is 2.34. The van der Waals surface area contributed by atoms with E-state index in [4.69, 9.17) is 0 Å². The molecule has 0 spiro atoms. The van der Waals surface area contributed by atoms with E-state index < -0.39 is 6.04 Å². The van der Waals surface area contributed by atoms with Crippen LogP contribution in [0.4, 0.5) is 11.4 Å². The van der Waals surface area contributed by atoms with Gasteiger partial charge in [0.2, 0.25) is 5.91 Å². The van der Waals surface area contributed by atoms with Crippen LogP contribution in [0.25, 0.3) is 0 Å². The predicted molar refractivity (Wildman–Crippen MR) is 123 cm³/mol. The largest absolute Gasteiger partial charge is 0.369 e. The average molecular weight is 535 g/mol. The molecule has 0 bridgehead atoms. The number of anilines is 2. The normalized spacial score (nSPS) is 20.2. The maximum Gasteiger partial charge on any atom is 0.251 e. The van der Waals surface area contributed by atoms with Crippen molar-refractivity contribution in [3.05, 3.63) is 57.0 Å². The number of hydrogen-bond donors (Lipinski definition) is 0. The van der Waals surface area contributed by atoms with Crippen LogP contribution in [0, 0.1) is 0 Å². The Kier molecular flexibility index (Phi) is 6.09. The molecule has 0 radical (unpaired) electrons. The second-order valence-electron chi connectivity index (χ2n) is 7.51. The van der Waals surface area contributed by atoms with Crippen molar-refractivity contribution in [2.24, 2.45) is 0 Å². The van der Waals surface area contributed by atoms with Gasteiger partial charge in [-0.25, -0.2) is 4.90 Å². The van der Waals surface area contributed by atoms with E-state index >= 15 is 0 Å². The van der Waals surface area contributed by atoms with Gasteiger partial charge < -0.3 is 4.90 Å². The van der Waals surface area contributed by atoms with E-state index in [1.165, 1.54) is 4.90 Å². The summed E-state index contributed by atoms with van der Waals surface area (Å²) in [4.78, 5) is 42.8. The Morgan fingerprint density at radius 1 is 0.967 bits per heavy atom. The molecule has 2 aromatic carbocycles. The van der Waals surface area contributed by atoms with Gasteiger partial charge in [-0.2, -0.15) is 0 Å². The minimum atomic E-state index is -0.421. The van der Waals surface area contributed by atoms with Gasteiger partial charge in [-0.05, 0) is 65.3 Å². The van der Waals surface area contributed by atoms with E-state index in [-0.39, 0.29) is 24.0 Å². The highest BCUT2D eigenvalue weighted by molar-refractivity contribution is 9.11. The van der Waals surface area contributed by atoms with Crippen LogP contribution >= 0.6 is 31.9 Å². The standard InChI is InChI=1S/C22H21Br2N3O3/c1-14(28)15-2-5-17(6-3-15)25-8-10-26(11-9-25)20-13-21(29)27(22(20)30)19-7-4-16(23)12-18(19)24/h2-7,12,20H,8-11,13H2,1H3/t20-/m1/s1. The van der Waals surface area contributed by atoms with Crippen LogP contribution in [0.5, 0.6) is 0 Å². The number of carbonyl (C=O) groups is 3. The molecule has 0 aliphatic carbocycles. The molecule has 0 aromatic heterocycles. The van der Waals surface area contributed by atoms with Crippen molar-refractivity contribution in [1.29, 1.82) is 0 Å². The van der Waals surface area contributed by atoms with Crippen molar-refractivity contribution >= 4 is 60.8 Å². The molecule has 2 aliphatic heterocycles. The molecule has 8 heteroatoms. The maximum atomic E-state index is 13.1. The van der Waals surface area contributed by atoms with Crippen molar-refractivity contribution in [3.8, 4) is 0 Å². The molecule has 0 saturated carbocycles. The van der Waals surface area contributed by atoms with Crippen molar-refractivity contribution in [1.82, 2.24) is 4.90 Å². The molecule has 2 amide bonds. The van der Waals surface area contributed by atoms with E-state index in [1.807, 2.05) is 36.4 Å². The van der Waals surface area contributed by atoms with Gasteiger partial charge in [0.1, 0.15) is 0 Å². The number of carbonyl (C=O) groups excluding carboxylic acids is 3. The molecule has 30 heavy (non-hydrogen) atoms. The first-order chi connectivity index (χ1) is 14.3. The summed E-state index contributed by atoms with van der Waals surface area (Å²) in [5.74, 6) is -0.282. The Labute approximate surface area is 192 Å². The van der Waals surface area contributed by atoms with Gasteiger partial charge in [-0.1, -0.05) is 15.9 Å². The number of hydrogen-bond acceptors (Lipinski definition) is 5. The van der Waals surface area contributed by atoms with Gasteiger partial charge in [-0.15, -0.1) is 0 Å². The van der Waals surface area contributed by atoms with Crippen LogP contribution < -0.4 is 9.80 Å². The zero-order valence-corrected chi connectivity index (χ0v) is 19.6. The number of halogens is 2. The van der Waals surface area contributed by atoms with E-state index in [9.17, 15) is 14.4 Å². The molecule has 6 nitrogen and oxygen atoms in total. The van der Waals surface area contributed by atoms with Crippen LogP contribution in [0.3, 0.4) is 0 Å². The van der Waals surface area contributed by atoms with Gasteiger partial charge in [0, 0.05) is 46.4 Å². The minimum Gasteiger partial charge on any atom is -0.369 e. The van der Waals surface area contributed by atoms with Crippen LogP contribution in [-0.4, -0.2) is 54.7 Å². The third kappa shape index (κ3) is 4.08. The molecule has 2 heterocycles. The number of benzene rings is 2. The van der Waals surface area contributed by atoms with Crippen molar-refractivity contribution in [2.75, 3.05) is 36.0 Å². The van der Waals surface area contributed by atoms with Gasteiger partial charge in [0.05, 0.1) is 18.2 Å². The summed E-state index contributed by atoms with van der Waals surface area (Å²) in [5.41, 5.74) is 2.35. The molecule has 2 aromatic rings. The van der Waals surface area contributed by atoms with Gasteiger partial charge in [-0.3, -0.25) is 19.3 Å². The van der Waals surface area contributed by atoms with Crippen molar-refractivity contribution in [2.45, 2.75) is 19.4 Å². The second kappa shape index (κ2) is 8.61. The number of ketones is 1. The average Bonchev–Trinajstić information content (AvgIpc) is 3.02. The van der Waals surface area contributed by atoms with E-state index in [1.54, 1.807) is 13.0 Å². The zero-order valence-electron chi connectivity index (χ0n) is 16.5. The Hall–Kier alpha value is -2.03. The van der Waals surface area contributed by atoms with Crippen molar-refractivity contribution in [3.63, 3.8) is 0 Å². The van der Waals surface area contributed by atoms with Gasteiger partial charge in [0.25, 0.3) is 5.91 Å². The van der Waals surface area contributed by atoms with Crippen LogP contribution in [0.1, 0.15) is 23.7 Å². The first-order valence-electron chi connectivity index (χ1n) is 9.77. The SMILES string of the molecule is CC(=O)c1ccc(N2CCN([C@@H]3CC(=O)N(c4ccc(Br)cc4Br)C3=O)CC2)cc1. The summed E-state index contributed by atoms with van der Waals surface area (Å²) < 4.78 is 1.58. The molecule has 2 saturated heterocycles. The van der Waals surface area contributed by atoms with E-state index in [2.05, 4.69) is 41.7 Å². The number of Topliss-reactive ketones (excluding diaryl/α,β-unsaturated/α-hetero) is 1. The summed E-state index contributed by atoms with van der Waals surface area (Å²) >= 11 is 6.86. The summed E-state index contributed by atoms with van der Waals surface area (Å²) in [6.45, 7) is 4.49. The molecule has 4 rings (SSSR count). The Balaban J connectivity index is 1.43. The molecule has 1 atom stereocenters. The van der Waals surface area contributed by atoms with Gasteiger partial charge in [0.15, 0.2) is 5.78 Å². The third-order valence-electron chi connectivity index (χ3n) is 5.67. The Bertz CT molecular complexity index is 1000. The first kappa shape index (κ1) is 21.2. The molecule has 2 aliphatic rings. The van der Waals surface area contributed by atoms with Crippen LogP contribution in [0.15, 0.2) is 51.4 Å². The number of imide groups is 1. The molecular weight excluding hydrogens is 514 g/mol. The Morgan fingerprint density at radius 2 is 1.63 bits per heavy atom. The fraction of sp³-hybridized carbons (Fsp3) is 0.318. The lowest BCUT2D eigenvalue weighted by Gasteiger charge is -2.38. The molecule has 0 unspecified atom stereocenters. The van der Waals surface area contributed by atoms with Crippen molar-refractivity contribution < 1.29 is 14.4 Å². The monoisotopic (exact) mass is 533 g/mol. The quantitative estimate of drug-likeness (QED) is 0.440. The summed E-state index contributed by atoms with van der Waals surface area (Å²) in [5, 5.41) is 0. The molecule has 2 fully saturated rings. The molecule has 0 N–H and O–H groups in total. The fourth-order valence-electron chi connectivity index (χ4n) is 4.02. The topological polar surface area (TPSA) is 60.9 Å². The van der Waals surface area contributed by atoms with E-state index in [0.29, 0.717) is 28.8 Å². The maximum absolute atomic E-state index is 13.1. The number of rotatable bonds is 4. The fourth-order valence-corrected chi connectivity index (χ4v) is 5.24. The summed E-state index contributed by atoms with van der Waals surface area (Å²) in [6, 6.07) is 12.6. The highest BCUT2D eigenvalue weighted by atomic mass is 79.9. The van der Waals surface area contributed by atoms with Crippen LogP contribution in [-0.2, 0) is 9.59 Å². The smallest absolute Gasteiger partial charge is 0.251 e.